The van der Waals surface area contributed by atoms with Crippen LogP contribution in [0, 0.1) is 18.3 Å². The predicted molar refractivity (Wildman–Crippen MR) is 81.3 cm³/mol. The van der Waals surface area contributed by atoms with E-state index in [1.165, 1.54) is 10.5 Å². The Hall–Kier alpha value is -0.980. The molecule has 1 aliphatic carbocycles. The number of aryl methyl sites for hydroxylation is 1. The van der Waals surface area contributed by atoms with Crippen LogP contribution in [0.1, 0.15) is 38.7 Å². The predicted octanol–water partition coefficient (Wildman–Crippen LogP) is 3.90. The van der Waals surface area contributed by atoms with E-state index < -0.39 is 0 Å². The lowest BCUT2D eigenvalue weighted by Gasteiger charge is -2.25. The van der Waals surface area contributed by atoms with Crippen LogP contribution in [0.5, 0.6) is 0 Å². The summed E-state index contributed by atoms with van der Waals surface area (Å²) in [4.78, 5) is 1.35. The standard InChI is InChI=1S/C16H22N2S/c1-12(2)18-16(11-17)9-8-14(10-16)19-15-7-5-4-6-13(15)3/h4-7,12,14,18H,8-10H2,1-3H3. The molecule has 19 heavy (non-hydrogen) atoms. The topological polar surface area (TPSA) is 35.8 Å². The van der Waals surface area contributed by atoms with Gasteiger partial charge in [-0.15, -0.1) is 11.8 Å². The van der Waals surface area contributed by atoms with Crippen LogP contribution in [-0.4, -0.2) is 16.8 Å². The summed E-state index contributed by atoms with van der Waals surface area (Å²) in [5.41, 5.74) is 1.02. The van der Waals surface area contributed by atoms with Gasteiger partial charge in [0.1, 0.15) is 5.54 Å². The van der Waals surface area contributed by atoms with Crippen molar-refractivity contribution in [3.63, 3.8) is 0 Å². The SMILES string of the molecule is Cc1ccccc1SC1CCC(C#N)(NC(C)C)C1. The maximum atomic E-state index is 9.48. The van der Waals surface area contributed by atoms with E-state index in [9.17, 15) is 5.26 Å². The van der Waals surface area contributed by atoms with Gasteiger partial charge >= 0.3 is 0 Å². The summed E-state index contributed by atoms with van der Waals surface area (Å²) in [5, 5.41) is 13.5. The Morgan fingerprint density at radius 2 is 2.16 bits per heavy atom. The molecule has 0 aromatic heterocycles. The minimum atomic E-state index is -0.311. The second-order valence-corrected chi connectivity index (χ2v) is 7.08. The van der Waals surface area contributed by atoms with Crippen molar-refractivity contribution in [1.82, 2.24) is 5.32 Å². The third kappa shape index (κ3) is 3.52. The second kappa shape index (κ2) is 5.98. The van der Waals surface area contributed by atoms with Gasteiger partial charge < -0.3 is 0 Å². The van der Waals surface area contributed by atoms with Crippen molar-refractivity contribution in [3.05, 3.63) is 29.8 Å². The van der Waals surface area contributed by atoms with Gasteiger partial charge in [0.15, 0.2) is 0 Å². The van der Waals surface area contributed by atoms with Crippen molar-refractivity contribution >= 4 is 11.8 Å². The molecule has 2 rings (SSSR count). The molecule has 0 amide bonds. The van der Waals surface area contributed by atoms with Crippen LogP contribution in [0.4, 0.5) is 0 Å². The van der Waals surface area contributed by atoms with Crippen LogP contribution in [-0.2, 0) is 0 Å². The lowest BCUT2D eigenvalue weighted by Crippen LogP contribution is -2.45. The molecule has 102 valence electrons. The zero-order valence-electron chi connectivity index (χ0n) is 11.9. The van der Waals surface area contributed by atoms with Crippen molar-refractivity contribution < 1.29 is 0 Å². The number of nitrogens with zero attached hydrogens (tertiary/aromatic N) is 1. The highest BCUT2D eigenvalue weighted by molar-refractivity contribution is 8.00. The first-order valence-electron chi connectivity index (χ1n) is 6.96. The highest BCUT2D eigenvalue weighted by Crippen LogP contribution is 2.41. The van der Waals surface area contributed by atoms with Gasteiger partial charge in [0.05, 0.1) is 6.07 Å². The monoisotopic (exact) mass is 274 g/mol. The summed E-state index contributed by atoms with van der Waals surface area (Å²) >= 11 is 1.93. The number of nitriles is 1. The maximum absolute atomic E-state index is 9.48. The van der Waals surface area contributed by atoms with Gasteiger partial charge in [0, 0.05) is 16.2 Å². The molecule has 2 nitrogen and oxygen atoms in total. The maximum Gasteiger partial charge on any atom is 0.108 e. The van der Waals surface area contributed by atoms with Crippen LogP contribution >= 0.6 is 11.8 Å². The number of hydrogen-bond donors (Lipinski definition) is 1. The zero-order chi connectivity index (χ0) is 13.9. The third-order valence-electron chi connectivity index (χ3n) is 3.64. The molecule has 0 aliphatic heterocycles. The zero-order valence-corrected chi connectivity index (χ0v) is 12.8. The van der Waals surface area contributed by atoms with Gasteiger partial charge in [-0.2, -0.15) is 5.26 Å². The number of thioether (sulfide) groups is 1. The fourth-order valence-corrected chi connectivity index (χ4v) is 4.16. The van der Waals surface area contributed by atoms with E-state index in [1.807, 2.05) is 11.8 Å². The molecule has 1 saturated carbocycles. The van der Waals surface area contributed by atoms with Gasteiger partial charge in [-0.1, -0.05) is 18.2 Å². The molecular weight excluding hydrogens is 252 g/mol. The van der Waals surface area contributed by atoms with Gasteiger partial charge in [0.25, 0.3) is 0 Å². The Balaban J connectivity index is 2.02. The molecule has 2 unspecified atom stereocenters. The Morgan fingerprint density at radius 3 is 2.79 bits per heavy atom. The van der Waals surface area contributed by atoms with Crippen molar-refractivity contribution in [2.24, 2.45) is 0 Å². The van der Waals surface area contributed by atoms with Crippen molar-refractivity contribution in [3.8, 4) is 6.07 Å². The molecule has 1 fully saturated rings. The summed E-state index contributed by atoms with van der Waals surface area (Å²) in [5.74, 6) is 0. The first-order chi connectivity index (χ1) is 9.04. The van der Waals surface area contributed by atoms with Crippen LogP contribution < -0.4 is 5.32 Å². The van der Waals surface area contributed by atoms with Crippen LogP contribution in [0.3, 0.4) is 0 Å². The van der Waals surface area contributed by atoms with Crippen LogP contribution in [0.15, 0.2) is 29.2 Å². The third-order valence-corrected chi connectivity index (χ3v) is 5.08. The Morgan fingerprint density at radius 1 is 1.42 bits per heavy atom. The Kier molecular flexibility index (Phi) is 4.54. The minimum absolute atomic E-state index is 0.311. The van der Waals surface area contributed by atoms with E-state index in [-0.39, 0.29) is 5.54 Å². The van der Waals surface area contributed by atoms with Gasteiger partial charge in [-0.3, -0.25) is 5.32 Å². The molecule has 0 saturated heterocycles. The largest absolute Gasteiger partial charge is 0.297 e. The van der Waals surface area contributed by atoms with E-state index in [2.05, 4.69) is 56.4 Å². The second-order valence-electron chi connectivity index (χ2n) is 5.74. The van der Waals surface area contributed by atoms with E-state index >= 15 is 0 Å². The molecule has 1 aliphatic rings. The molecule has 0 bridgehead atoms. The van der Waals surface area contributed by atoms with Crippen molar-refractivity contribution in [2.75, 3.05) is 0 Å². The van der Waals surface area contributed by atoms with E-state index in [4.69, 9.17) is 0 Å². The number of nitrogens with one attached hydrogen (secondary N) is 1. The quantitative estimate of drug-likeness (QED) is 0.904. The molecule has 0 radical (unpaired) electrons. The van der Waals surface area contributed by atoms with E-state index in [1.54, 1.807) is 0 Å². The lowest BCUT2D eigenvalue weighted by atomic mass is 9.99. The van der Waals surface area contributed by atoms with E-state index in [0.717, 1.165) is 19.3 Å². The molecule has 1 aromatic rings. The summed E-state index contributed by atoms with van der Waals surface area (Å²) in [6.07, 6.45) is 3.03. The van der Waals surface area contributed by atoms with Gasteiger partial charge in [-0.05, 0) is 51.7 Å². The van der Waals surface area contributed by atoms with Gasteiger partial charge in [-0.25, -0.2) is 0 Å². The highest BCUT2D eigenvalue weighted by Gasteiger charge is 2.40. The lowest BCUT2D eigenvalue weighted by molar-refractivity contribution is 0.386. The first-order valence-corrected chi connectivity index (χ1v) is 7.84. The fraction of sp³-hybridized carbons (Fsp3) is 0.562. The average Bonchev–Trinajstić information content (AvgIpc) is 2.75. The molecule has 1 aromatic carbocycles. The Bertz CT molecular complexity index is 478. The summed E-state index contributed by atoms with van der Waals surface area (Å²) in [6.45, 7) is 6.38. The normalized spacial score (nSPS) is 26.6. The molecular formula is C16H22N2S. The Labute approximate surface area is 120 Å². The molecule has 3 heteroatoms. The van der Waals surface area contributed by atoms with Crippen LogP contribution in [0.2, 0.25) is 0 Å². The molecule has 0 spiro atoms. The van der Waals surface area contributed by atoms with E-state index in [0.29, 0.717) is 11.3 Å². The highest BCUT2D eigenvalue weighted by atomic mass is 32.2. The molecule has 2 atom stereocenters. The van der Waals surface area contributed by atoms with Crippen molar-refractivity contribution in [1.29, 1.82) is 5.26 Å². The van der Waals surface area contributed by atoms with Gasteiger partial charge in [0.2, 0.25) is 0 Å². The summed E-state index contributed by atoms with van der Waals surface area (Å²) in [7, 11) is 0. The minimum Gasteiger partial charge on any atom is -0.297 e. The number of rotatable bonds is 4. The van der Waals surface area contributed by atoms with Crippen LogP contribution in [0.25, 0.3) is 0 Å². The molecule has 0 heterocycles. The summed E-state index contributed by atoms with van der Waals surface area (Å²) < 4.78 is 0. The first kappa shape index (κ1) is 14.4. The smallest absolute Gasteiger partial charge is 0.108 e. The van der Waals surface area contributed by atoms with Crippen molar-refractivity contribution in [2.45, 2.75) is 61.8 Å². The molecule has 1 N–H and O–H groups in total. The fourth-order valence-electron chi connectivity index (χ4n) is 2.79. The summed E-state index contributed by atoms with van der Waals surface area (Å²) in [6, 6.07) is 11.4. The number of benzene rings is 1. The number of hydrogen-bond acceptors (Lipinski definition) is 3. The average molecular weight is 274 g/mol.